The Kier molecular flexibility index (Phi) is 3.59. The predicted molar refractivity (Wildman–Crippen MR) is 58.8 cm³/mol. The van der Waals surface area contributed by atoms with Gasteiger partial charge in [-0.1, -0.05) is 41.5 Å². The zero-order valence-corrected chi connectivity index (χ0v) is 10.4. The second-order valence-electron chi connectivity index (χ2n) is 6.25. The highest BCUT2D eigenvalue weighted by atomic mass is 16.3. The van der Waals surface area contributed by atoms with Gasteiger partial charge in [0.15, 0.2) is 0 Å². The summed E-state index contributed by atoms with van der Waals surface area (Å²) in [4.78, 5) is 0. The fourth-order valence-corrected chi connectivity index (χ4v) is 1.99. The molecular weight excluding hydrogens is 160 g/mol. The van der Waals surface area contributed by atoms with E-state index in [2.05, 4.69) is 34.6 Å². The topological polar surface area (TPSA) is 20.2 Å². The van der Waals surface area contributed by atoms with Crippen molar-refractivity contribution in [3.8, 4) is 0 Å². The maximum Gasteiger partial charge on any atom is 0.0668 e. The van der Waals surface area contributed by atoms with Gasteiger partial charge < -0.3 is 5.11 Å². The Morgan fingerprint density at radius 1 is 0.923 bits per heavy atom. The van der Waals surface area contributed by atoms with Gasteiger partial charge in [-0.2, -0.15) is 0 Å². The second kappa shape index (κ2) is 3.61. The van der Waals surface area contributed by atoms with Crippen molar-refractivity contribution < 1.29 is 5.11 Å². The van der Waals surface area contributed by atoms with Crippen LogP contribution in [0.15, 0.2) is 0 Å². The van der Waals surface area contributed by atoms with Crippen molar-refractivity contribution in [3.05, 3.63) is 0 Å². The first-order chi connectivity index (χ1) is 5.52. The van der Waals surface area contributed by atoms with Crippen molar-refractivity contribution >= 4 is 0 Å². The van der Waals surface area contributed by atoms with E-state index in [0.29, 0.717) is 0 Å². The lowest BCUT2D eigenvalue weighted by Crippen LogP contribution is -2.43. The van der Waals surface area contributed by atoms with E-state index >= 15 is 0 Å². The van der Waals surface area contributed by atoms with E-state index in [1.165, 1.54) is 0 Å². The Hall–Kier alpha value is -0.0400. The minimum Gasteiger partial charge on any atom is -0.390 e. The zero-order chi connectivity index (χ0) is 10.9. The first-order valence-electron chi connectivity index (χ1n) is 5.24. The van der Waals surface area contributed by atoms with Gasteiger partial charge >= 0.3 is 0 Å². The van der Waals surface area contributed by atoms with Crippen LogP contribution in [0, 0.1) is 10.8 Å². The fourth-order valence-electron chi connectivity index (χ4n) is 1.99. The summed E-state index contributed by atoms with van der Waals surface area (Å²) in [5, 5.41) is 10.2. The Bertz CT molecular complexity index is 160. The third-order valence-electron chi connectivity index (χ3n) is 3.12. The second-order valence-corrected chi connectivity index (χ2v) is 6.25. The highest BCUT2D eigenvalue weighted by Gasteiger charge is 2.40. The third kappa shape index (κ3) is 3.68. The molecule has 0 aliphatic carbocycles. The Labute approximate surface area is 83.5 Å². The zero-order valence-electron chi connectivity index (χ0n) is 10.4. The van der Waals surface area contributed by atoms with Crippen LogP contribution in [-0.2, 0) is 0 Å². The molecule has 1 heteroatoms. The fraction of sp³-hybridized carbons (Fsp3) is 1.00. The first-order valence-corrected chi connectivity index (χ1v) is 5.24. The Morgan fingerprint density at radius 2 is 1.31 bits per heavy atom. The molecule has 1 unspecified atom stereocenters. The summed E-state index contributed by atoms with van der Waals surface area (Å²) in [5.41, 5.74) is -0.289. The van der Waals surface area contributed by atoms with Crippen molar-refractivity contribution in [2.75, 3.05) is 0 Å². The summed E-state index contributed by atoms with van der Waals surface area (Å²) in [7, 11) is 0. The molecule has 0 aliphatic heterocycles. The maximum absolute atomic E-state index is 10.2. The van der Waals surface area contributed by atoms with Gasteiger partial charge in [0.2, 0.25) is 0 Å². The molecule has 0 aromatic carbocycles. The van der Waals surface area contributed by atoms with Gasteiger partial charge in [-0.25, -0.2) is 0 Å². The van der Waals surface area contributed by atoms with Crippen molar-refractivity contribution in [2.24, 2.45) is 10.8 Å². The highest BCUT2D eigenvalue weighted by molar-refractivity contribution is 4.91. The smallest absolute Gasteiger partial charge is 0.0668 e. The average Bonchev–Trinajstić information content (AvgIpc) is 1.81. The van der Waals surface area contributed by atoms with Crippen LogP contribution in [-0.4, -0.2) is 10.7 Å². The standard InChI is InChI=1S/C12H26O/c1-8-12(7,13)11(5,6)9-10(2,3)4/h13H,8-9H2,1-7H3. The lowest BCUT2D eigenvalue weighted by Gasteiger charge is -2.43. The van der Waals surface area contributed by atoms with Gasteiger partial charge in [-0.15, -0.1) is 0 Å². The summed E-state index contributed by atoms with van der Waals surface area (Å²) < 4.78 is 0. The van der Waals surface area contributed by atoms with Crippen LogP contribution in [0.4, 0.5) is 0 Å². The van der Waals surface area contributed by atoms with Crippen molar-refractivity contribution in [1.29, 1.82) is 0 Å². The van der Waals surface area contributed by atoms with Crippen LogP contribution in [0.2, 0.25) is 0 Å². The molecule has 0 aromatic heterocycles. The molecule has 0 saturated carbocycles. The Morgan fingerprint density at radius 3 is 1.54 bits per heavy atom. The molecule has 13 heavy (non-hydrogen) atoms. The van der Waals surface area contributed by atoms with Gasteiger partial charge in [-0.3, -0.25) is 0 Å². The van der Waals surface area contributed by atoms with Crippen LogP contribution in [0.5, 0.6) is 0 Å². The van der Waals surface area contributed by atoms with Crippen LogP contribution in [0.25, 0.3) is 0 Å². The predicted octanol–water partition coefficient (Wildman–Crippen LogP) is 3.61. The molecule has 80 valence electrons. The van der Waals surface area contributed by atoms with Crippen LogP contribution in [0.3, 0.4) is 0 Å². The Balaban J connectivity index is 4.58. The largest absolute Gasteiger partial charge is 0.390 e. The minimum absolute atomic E-state index is 0.0139. The lowest BCUT2D eigenvalue weighted by atomic mass is 9.66. The molecule has 0 heterocycles. The molecule has 0 bridgehead atoms. The number of rotatable bonds is 3. The minimum atomic E-state index is -0.555. The summed E-state index contributed by atoms with van der Waals surface area (Å²) in [6.45, 7) is 15.0. The van der Waals surface area contributed by atoms with Crippen molar-refractivity contribution in [2.45, 2.75) is 66.9 Å². The van der Waals surface area contributed by atoms with Gasteiger partial charge in [0.1, 0.15) is 0 Å². The monoisotopic (exact) mass is 186 g/mol. The number of hydrogen-bond donors (Lipinski definition) is 1. The molecule has 0 amide bonds. The molecule has 0 saturated heterocycles. The van der Waals surface area contributed by atoms with E-state index in [1.807, 2.05) is 13.8 Å². The van der Waals surface area contributed by atoms with Crippen molar-refractivity contribution in [1.82, 2.24) is 0 Å². The van der Waals surface area contributed by atoms with Crippen LogP contribution >= 0.6 is 0 Å². The molecule has 1 N–H and O–H groups in total. The molecule has 0 aliphatic rings. The maximum atomic E-state index is 10.2. The number of aliphatic hydroxyl groups is 1. The van der Waals surface area contributed by atoms with Crippen LogP contribution < -0.4 is 0 Å². The molecule has 1 nitrogen and oxygen atoms in total. The molecule has 0 aromatic rings. The third-order valence-corrected chi connectivity index (χ3v) is 3.12. The normalized spacial score (nSPS) is 18.5. The van der Waals surface area contributed by atoms with Gasteiger partial charge in [-0.05, 0) is 30.6 Å². The summed E-state index contributed by atoms with van der Waals surface area (Å²) in [5.74, 6) is 0. The van der Waals surface area contributed by atoms with E-state index in [1.54, 1.807) is 0 Å². The summed E-state index contributed by atoms with van der Waals surface area (Å²) in [6.07, 6.45) is 1.86. The van der Waals surface area contributed by atoms with Gasteiger partial charge in [0, 0.05) is 0 Å². The molecule has 1 atom stereocenters. The van der Waals surface area contributed by atoms with Gasteiger partial charge in [0.25, 0.3) is 0 Å². The first kappa shape index (κ1) is 13.0. The van der Waals surface area contributed by atoms with Gasteiger partial charge in [0.05, 0.1) is 5.60 Å². The molecule has 0 rings (SSSR count). The molecular formula is C12H26O. The number of hydrogen-bond acceptors (Lipinski definition) is 1. The highest BCUT2D eigenvalue weighted by Crippen LogP contribution is 2.42. The molecule has 0 radical (unpaired) electrons. The quantitative estimate of drug-likeness (QED) is 0.714. The van der Waals surface area contributed by atoms with E-state index in [-0.39, 0.29) is 10.8 Å². The van der Waals surface area contributed by atoms with E-state index in [0.717, 1.165) is 12.8 Å². The SMILES string of the molecule is CCC(C)(O)C(C)(C)CC(C)(C)C. The summed E-state index contributed by atoms with van der Waals surface area (Å²) >= 11 is 0. The summed E-state index contributed by atoms with van der Waals surface area (Å²) in [6, 6.07) is 0. The van der Waals surface area contributed by atoms with E-state index in [4.69, 9.17) is 0 Å². The molecule has 0 spiro atoms. The van der Waals surface area contributed by atoms with E-state index < -0.39 is 5.60 Å². The molecule has 0 fully saturated rings. The van der Waals surface area contributed by atoms with Crippen molar-refractivity contribution in [3.63, 3.8) is 0 Å². The van der Waals surface area contributed by atoms with E-state index in [9.17, 15) is 5.11 Å². The lowest BCUT2D eigenvalue weighted by molar-refractivity contribution is -0.0722. The van der Waals surface area contributed by atoms with Crippen LogP contribution in [0.1, 0.15) is 61.3 Å². The average molecular weight is 186 g/mol.